The Labute approximate surface area is 294 Å². The molecule has 6 rings (SSSR count). The number of aromatic nitrogens is 2. The van der Waals surface area contributed by atoms with Crippen LogP contribution in [-0.4, -0.2) is 74.7 Å². The Balaban J connectivity index is 1.22. The van der Waals surface area contributed by atoms with E-state index in [2.05, 4.69) is 25.6 Å². The maximum Gasteiger partial charge on any atom is 0.247 e. The number of halogens is 1. The number of nitrogens with zero attached hydrogens (tertiary/aromatic N) is 5. The topological polar surface area (TPSA) is 157 Å². The number of rotatable bonds is 11. The number of carbonyl (C=O) groups excluding carboxylic acids is 4. The van der Waals surface area contributed by atoms with Crippen LogP contribution in [0.2, 0.25) is 5.02 Å². The van der Waals surface area contributed by atoms with Gasteiger partial charge in [-0.15, -0.1) is 0 Å². The third-order valence-corrected chi connectivity index (χ3v) is 9.28. The lowest BCUT2D eigenvalue weighted by molar-refractivity contribution is -0.142. The summed E-state index contributed by atoms with van der Waals surface area (Å²) < 4.78 is 0. The van der Waals surface area contributed by atoms with Gasteiger partial charge in [0.15, 0.2) is 17.3 Å². The summed E-state index contributed by atoms with van der Waals surface area (Å²) in [4.78, 5) is 70.4. The monoisotopic (exact) mass is 693 g/mol. The number of aliphatic hydroxyl groups excluding tert-OH is 1. The number of nitrogens with one attached hydrogen (secondary N) is 2. The summed E-state index contributed by atoms with van der Waals surface area (Å²) in [6.45, 7) is 2.33. The van der Waals surface area contributed by atoms with Crippen LogP contribution in [0.4, 0.5) is 11.5 Å². The van der Waals surface area contributed by atoms with Crippen molar-refractivity contribution in [2.45, 2.75) is 51.2 Å². The molecule has 2 atom stereocenters. The minimum Gasteiger partial charge on any atom is -0.492 e. The number of aryl methyl sites for hydroxylation is 1. The van der Waals surface area contributed by atoms with Crippen LogP contribution in [-0.2, 0) is 27.3 Å². The van der Waals surface area contributed by atoms with Crippen LogP contribution in [0, 0.1) is 6.92 Å². The van der Waals surface area contributed by atoms with E-state index in [9.17, 15) is 24.3 Å². The van der Waals surface area contributed by atoms with Crippen LogP contribution in [0.15, 0.2) is 90.2 Å². The number of hydrogen-bond donors (Lipinski definition) is 3. The predicted octanol–water partition coefficient (Wildman–Crippen LogP) is 4.65. The zero-order valence-electron chi connectivity index (χ0n) is 27.4. The molecule has 50 heavy (non-hydrogen) atoms. The number of benzene rings is 3. The molecule has 0 bridgehead atoms. The van der Waals surface area contributed by atoms with E-state index in [4.69, 9.17) is 11.6 Å². The molecule has 0 aliphatic carbocycles. The zero-order valence-corrected chi connectivity index (χ0v) is 28.1. The fraction of sp³-hybridized carbons (Fsp3) is 0.270. The lowest BCUT2D eigenvalue weighted by atomic mass is 9.92. The lowest BCUT2D eigenvalue weighted by Crippen LogP contribution is -2.56. The van der Waals surface area contributed by atoms with E-state index in [0.717, 1.165) is 16.7 Å². The first-order valence-electron chi connectivity index (χ1n) is 16.3. The highest BCUT2D eigenvalue weighted by atomic mass is 35.5. The third-order valence-electron chi connectivity index (χ3n) is 8.86. The van der Waals surface area contributed by atoms with Crippen molar-refractivity contribution in [1.82, 2.24) is 20.2 Å². The number of fused-ring (bicyclic) bond motifs is 2. The van der Waals surface area contributed by atoms with Crippen LogP contribution in [0.3, 0.4) is 0 Å². The maximum atomic E-state index is 14.2. The van der Waals surface area contributed by atoms with Gasteiger partial charge in [0.05, 0.1) is 0 Å². The van der Waals surface area contributed by atoms with Crippen molar-refractivity contribution < 1.29 is 24.3 Å². The smallest absolute Gasteiger partial charge is 0.247 e. The molecule has 1 aromatic heterocycles. The van der Waals surface area contributed by atoms with Gasteiger partial charge in [-0.1, -0.05) is 66.2 Å². The number of ketones is 1. The number of Topliss-reactive ketones (excluding diaryl/α,β-unsaturated/α-hetero) is 1. The van der Waals surface area contributed by atoms with Crippen molar-refractivity contribution in [3.63, 3.8) is 0 Å². The van der Waals surface area contributed by atoms with Gasteiger partial charge in [0.25, 0.3) is 0 Å². The number of amides is 3. The minimum absolute atomic E-state index is 0.000883. The molecule has 2 aliphatic rings. The fourth-order valence-corrected chi connectivity index (χ4v) is 6.23. The SMILES string of the molecule is Cc1cc(NC(=O)C(CCN2CN=C(O)c3nccnc32)NC(=O)[C@@H]2Cc3ccccc3CN2C(=O)CCC(=O)c2ccccc2)ccc1Cl. The Bertz CT molecular complexity index is 1950. The van der Waals surface area contributed by atoms with Gasteiger partial charge in [-0.3, -0.25) is 19.2 Å². The average Bonchev–Trinajstić information content (AvgIpc) is 3.14. The van der Waals surface area contributed by atoms with Gasteiger partial charge in [0, 0.05) is 61.0 Å². The van der Waals surface area contributed by atoms with Gasteiger partial charge in [-0.05, 0) is 48.2 Å². The molecule has 4 aromatic rings. The Morgan fingerprint density at radius 1 is 0.960 bits per heavy atom. The Hall–Kier alpha value is -5.62. The van der Waals surface area contributed by atoms with E-state index >= 15 is 0 Å². The summed E-state index contributed by atoms with van der Waals surface area (Å²) in [6, 6.07) is 19.5. The van der Waals surface area contributed by atoms with E-state index < -0.39 is 23.9 Å². The van der Waals surface area contributed by atoms with E-state index in [0.29, 0.717) is 22.1 Å². The molecule has 3 heterocycles. The molecule has 0 fully saturated rings. The van der Waals surface area contributed by atoms with E-state index in [-0.39, 0.29) is 68.7 Å². The molecule has 2 aliphatic heterocycles. The maximum absolute atomic E-state index is 14.2. The molecule has 12 nitrogen and oxygen atoms in total. The highest BCUT2D eigenvalue weighted by Gasteiger charge is 2.36. The first-order chi connectivity index (χ1) is 24.2. The van der Waals surface area contributed by atoms with Gasteiger partial charge in [0.1, 0.15) is 18.8 Å². The predicted molar refractivity (Wildman–Crippen MR) is 189 cm³/mol. The quantitative estimate of drug-likeness (QED) is 0.192. The van der Waals surface area contributed by atoms with Crippen LogP contribution in [0.5, 0.6) is 0 Å². The second-order valence-corrected chi connectivity index (χ2v) is 12.6. The molecular weight excluding hydrogens is 658 g/mol. The molecule has 0 radical (unpaired) electrons. The number of anilines is 2. The fourth-order valence-electron chi connectivity index (χ4n) is 6.12. The Kier molecular flexibility index (Phi) is 10.5. The minimum atomic E-state index is -1.04. The largest absolute Gasteiger partial charge is 0.492 e. The second kappa shape index (κ2) is 15.3. The first kappa shape index (κ1) is 34.3. The molecule has 0 saturated heterocycles. The zero-order chi connectivity index (χ0) is 35.2. The van der Waals surface area contributed by atoms with Gasteiger partial charge in [-0.2, -0.15) is 0 Å². The molecule has 3 aromatic carbocycles. The molecule has 3 N–H and O–H groups in total. The molecule has 13 heteroatoms. The number of aliphatic imine (C=N–C) groups is 1. The average molecular weight is 694 g/mol. The lowest BCUT2D eigenvalue weighted by Gasteiger charge is -2.37. The van der Waals surface area contributed by atoms with Crippen LogP contribution >= 0.6 is 11.6 Å². The van der Waals surface area contributed by atoms with Gasteiger partial charge in [0.2, 0.25) is 23.6 Å². The van der Waals surface area contributed by atoms with E-state index in [1.165, 1.54) is 17.3 Å². The van der Waals surface area contributed by atoms with Crippen molar-refractivity contribution in [1.29, 1.82) is 0 Å². The van der Waals surface area contributed by atoms with E-state index in [1.807, 2.05) is 37.3 Å². The number of hydrogen-bond acceptors (Lipinski definition) is 8. The molecular formula is C37H36ClN7O5. The Morgan fingerprint density at radius 3 is 2.48 bits per heavy atom. The van der Waals surface area contributed by atoms with Gasteiger partial charge in [-0.25, -0.2) is 15.0 Å². The standard InChI is InChI=1S/C37H36ClN7O5/c1-23-19-27(11-12-28(23)38)42-35(48)29(15-18-44-22-41-37(50)33-34(44)40-17-16-39-33)43-36(49)30-20-25-9-5-6-10-26(25)21-45(30)32(47)14-13-31(46)24-7-3-2-4-8-24/h2-12,16-17,19,29-30H,13-15,18,20-22H2,1H3,(H,41,50)(H,42,48)(H,43,49)/t29?,30-/m0/s1. The van der Waals surface area contributed by atoms with Crippen LogP contribution < -0.4 is 15.5 Å². The molecule has 3 amide bonds. The van der Waals surface area contributed by atoms with Gasteiger partial charge < -0.3 is 25.5 Å². The third kappa shape index (κ3) is 7.81. The molecule has 0 spiro atoms. The van der Waals surface area contributed by atoms with Crippen molar-refractivity contribution in [2.75, 3.05) is 23.4 Å². The van der Waals surface area contributed by atoms with Crippen molar-refractivity contribution in [2.24, 2.45) is 4.99 Å². The molecule has 0 saturated carbocycles. The molecule has 1 unspecified atom stereocenters. The van der Waals surface area contributed by atoms with E-state index in [1.54, 1.807) is 47.4 Å². The highest BCUT2D eigenvalue weighted by Crippen LogP contribution is 2.26. The summed E-state index contributed by atoms with van der Waals surface area (Å²) in [5, 5.41) is 16.6. The van der Waals surface area contributed by atoms with Crippen molar-refractivity contribution in [3.05, 3.63) is 118 Å². The van der Waals surface area contributed by atoms with Crippen molar-refractivity contribution >= 4 is 52.5 Å². The van der Waals surface area contributed by atoms with Gasteiger partial charge >= 0.3 is 0 Å². The summed E-state index contributed by atoms with van der Waals surface area (Å²) in [6.07, 6.45) is 3.26. The normalized spacial score (nSPS) is 15.6. The summed E-state index contributed by atoms with van der Waals surface area (Å²) in [5.74, 6) is -1.27. The number of aliphatic hydroxyl groups is 1. The molecule has 256 valence electrons. The van der Waals surface area contributed by atoms with Crippen LogP contribution in [0.25, 0.3) is 0 Å². The highest BCUT2D eigenvalue weighted by molar-refractivity contribution is 6.31. The summed E-state index contributed by atoms with van der Waals surface area (Å²) >= 11 is 6.20. The van der Waals surface area contributed by atoms with Crippen LogP contribution in [0.1, 0.15) is 52.0 Å². The van der Waals surface area contributed by atoms with Crippen molar-refractivity contribution in [3.8, 4) is 0 Å². The summed E-state index contributed by atoms with van der Waals surface area (Å²) in [5.41, 5.74) is 3.86. The number of carbonyl (C=O) groups is 4. The Morgan fingerprint density at radius 2 is 1.70 bits per heavy atom. The second-order valence-electron chi connectivity index (χ2n) is 12.2. The first-order valence-corrected chi connectivity index (χ1v) is 16.7. The summed E-state index contributed by atoms with van der Waals surface area (Å²) in [7, 11) is 0.